The molecule has 1 amide bonds. The highest BCUT2D eigenvalue weighted by Gasteiger charge is 2.25. The van der Waals surface area contributed by atoms with E-state index in [1.807, 2.05) is 12.1 Å². The van der Waals surface area contributed by atoms with Crippen LogP contribution in [-0.4, -0.2) is 18.5 Å². The maximum absolute atomic E-state index is 11.9. The van der Waals surface area contributed by atoms with Crippen LogP contribution >= 0.6 is 0 Å². The van der Waals surface area contributed by atoms with Crippen molar-refractivity contribution in [3.63, 3.8) is 0 Å². The molecule has 0 fully saturated rings. The number of anilines is 1. The van der Waals surface area contributed by atoms with Crippen molar-refractivity contribution in [2.75, 3.05) is 12.4 Å². The van der Waals surface area contributed by atoms with Gasteiger partial charge in [0, 0.05) is 5.69 Å². The zero-order valence-corrected chi connectivity index (χ0v) is 10.5. The number of benzene rings is 1. The molecule has 0 bridgehead atoms. The maximum Gasteiger partial charge on any atom is 0.244 e. The first-order valence-corrected chi connectivity index (χ1v) is 5.39. The number of likely N-dealkylation sites (N-methyl/N-ethyl adjacent to an activating group) is 1. The Labute approximate surface area is 106 Å². The van der Waals surface area contributed by atoms with Gasteiger partial charge in [0.1, 0.15) is 12.1 Å². The minimum Gasteiger partial charge on any atom is -0.324 e. The van der Waals surface area contributed by atoms with Gasteiger partial charge in [-0.1, -0.05) is 0 Å². The molecular formula is C13H14N4O. The monoisotopic (exact) mass is 242 g/mol. The van der Waals surface area contributed by atoms with Crippen LogP contribution in [0.15, 0.2) is 18.2 Å². The SMILES string of the molecule is CNC(C)(C)C(=O)Nc1ccc(C#N)c(C#N)c1. The van der Waals surface area contributed by atoms with Crippen LogP contribution in [-0.2, 0) is 4.79 Å². The van der Waals surface area contributed by atoms with Gasteiger partial charge < -0.3 is 10.6 Å². The average Bonchev–Trinajstić information content (AvgIpc) is 2.38. The summed E-state index contributed by atoms with van der Waals surface area (Å²) >= 11 is 0. The Morgan fingerprint density at radius 1 is 1.22 bits per heavy atom. The van der Waals surface area contributed by atoms with Crippen LogP contribution in [0.5, 0.6) is 0 Å². The van der Waals surface area contributed by atoms with E-state index in [1.54, 1.807) is 27.0 Å². The lowest BCUT2D eigenvalue weighted by molar-refractivity contribution is -0.121. The second kappa shape index (κ2) is 5.31. The van der Waals surface area contributed by atoms with Gasteiger partial charge in [0.25, 0.3) is 0 Å². The van der Waals surface area contributed by atoms with E-state index in [2.05, 4.69) is 10.6 Å². The minimum absolute atomic E-state index is 0.210. The summed E-state index contributed by atoms with van der Waals surface area (Å²) in [7, 11) is 1.69. The van der Waals surface area contributed by atoms with Gasteiger partial charge in [0.15, 0.2) is 0 Å². The number of hydrogen-bond donors (Lipinski definition) is 2. The predicted octanol–water partition coefficient (Wildman–Crippen LogP) is 1.37. The normalized spacial score (nSPS) is 10.3. The summed E-state index contributed by atoms with van der Waals surface area (Å²) in [6.45, 7) is 3.49. The summed E-state index contributed by atoms with van der Waals surface area (Å²) in [5, 5.41) is 23.3. The summed E-state index contributed by atoms with van der Waals surface area (Å²) in [6.07, 6.45) is 0. The Kier molecular flexibility index (Phi) is 4.04. The molecule has 18 heavy (non-hydrogen) atoms. The third kappa shape index (κ3) is 2.85. The van der Waals surface area contributed by atoms with Gasteiger partial charge in [0.05, 0.1) is 16.7 Å². The largest absolute Gasteiger partial charge is 0.324 e. The predicted molar refractivity (Wildman–Crippen MR) is 67.6 cm³/mol. The summed E-state index contributed by atoms with van der Waals surface area (Å²) in [4.78, 5) is 11.9. The Balaban J connectivity index is 2.98. The molecule has 2 N–H and O–H groups in total. The molecule has 0 unspecified atom stereocenters. The molecule has 92 valence electrons. The third-order valence-corrected chi connectivity index (χ3v) is 2.71. The van der Waals surface area contributed by atoms with Crippen LogP contribution in [0.4, 0.5) is 5.69 Å². The summed E-state index contributed by atoms with van der Waals surface area (Å²) in [5.41, 5.74) is 0.334. The van der Waals surface area contributed by atoms with Crippen LogP contribution in [0, 0.1) is 22.7 Å². The Hall–Kier alpha value is -2.37. The van der Waals surface area contributed by atoms with Gasteiger partial charge in [-0.3, -0.25) is 4.79 Å². The fourth-order valence-corrected chi connectivity index (χ4v) is 1.21. The molecule has 0 aliphatic carbocycles. The molecule has 0 atom stereocenters. The fraction of sp³-hybridized carbons (Fsp3) is 0.308. The minimum atomic E-state index is -0.708. The molecule has 0 aliphatic heterocycles. The van der Waals surface area contributed by atoms with E-state index in [1.165, 1.54) is 12.1 Å². The zero-order chi connectivity index (χ0) is 13.8. The van der Waals surface area contributed by atoms with Crippen LogP contribution < -0.4 is 10.6 Å². The first-order valence-electron chi connectivity index (χ1n) is 5.39. The lowest BCUT2D eigenvalue weighted by Crippen LogP contribution is -2.47. The molecule has 0 aromatic heterocycles. The fourth-order valence-electron chi connectivity index (χ4n) is 1.21. The van der Waals surface area contributed by atoms with Crippen molar-refractivity contribution in [3.8, 4) is 12.1 Å². The number of nitrogens with one attached hydrogen (secondary N) is 2. The van der Waals surface area contributed by atoms with E-state index in [0.717, 1.165) is 0 Å². The molecular weight excluding hydrogens is 228 g/mol. The molecule has 0 aliphatic rings. The highest BCUT2D eigenvalue weighted by Crippen LogP contribution is 2.16. The molecule has 5 nitrogen and oxygen atoms in total. The van der Waals surface area contributed by atoms with Gasteiger partial charge in [-0.05, 0) is 39.1 Å². The number of nitriles is 2. The number of carbonyl (C=O) groups is 1. The van der Waals surface area contributed by atoms with Gasteiger partial charge in [-0.2, -0.15) is 10.5 Å². The van der Waals surface area contributed by atoms with E-state index in [9.17, 15) is 4.79 Å². The smallest absolute Gasteiger partial charge is 0.244 e. The van der Waals surface area contributed by atoms with Crippen molar-refractivity contribution < 1.29 is 4.79 Å². The number of hydrogen-bond acceptors (Lipinski definition) is 4. The van der Waals surface area contributed by atoms with Crippen molar-refractivity contribution in [1.29, 1.82) is 10.5 Å². The number of nitrogens with zero attached hydrogens (tertiary/aromatic N) is 2. The Morgan fingerprint density at radius 3 is 2.33 bits per heavy atom. The Morgan fingerprint density at radius 2 is 1.83 bits per heavy atom. The molecule has 0 radical (unpaired) electrons. The van der Waals surface area contributed by atoms with E-state index in [-0.39, 0.29) is 11.5 Å². The highest BCUT2D eigenvalue weighted by atomic mass is 16.2. The molecule has 1 aromatic carbocycles. The quantitative estimate of drug-likeness (QED) is 0.837. The van der Waals surface area contributed by atoms with Crippen LogP contribution in [0.25, 0.3) is 0 Å². The van der Waals surface area contributed by atoms with Gasteiger partial charge >= 0.3 is 0 Å². The highest BCUT2D eigenvalue weighted by molar-refractivity contribution is 5.97. The van der Waals surface area contributed by atoms with E-state index < -0.39 is 5.54 Å². The Bertz CT molecular complexity index is 549. The van der Waals surface area contributed by atoms with E-state index >= 15 is 0 Å². The molecule has 0 spiro atoms. The van der Waals surface area contributed by atoms with E-state index in [4.69, 9.17) is 10.5 Å². The third-order valence-electron chi connectivity index (χ3n) is 2.71. The van der Waals surface area contributed by atoms with Crippen molar-refractivity contribution >= 4 is 11.6 Å². The molecule has 1 rings (SSSR count). The number of amides is 1. The number of rotatable bonds is 3. The molecule has 5 heteroatoms. The van der Waals surface area contributed by atoms with Crippen molar-refractivity contribution in [2.45, 2.75) is 19.4 Å². The lowest BCUT2D eigenvalue weighted by atomic mass is 10.0. The van der Waals surface area contributed by atoms with Crippen molar-refractivity contribution in [2.24, 2.45) is 0 Å². The molecule has 0 saturated heterocycles. The van der Waals surface area contributed by atoms with Gasteiger partial charge in [-0.25, -0.2) is 0 Å². The molecule has 1 aromatic rings. The zero-order valence-electron chi connectivity index (χ0n) is 10.5. The summed E-state index contributed by atoms with van der Waals surface area (Å²) < 4.78 is 0. The maximum atomic E-state index is 11.9. The summed E-state index contributed by atoms with van der Waals surface area (Å²) in [6, 6.07) is 8.45. The second-order valence-electron chi connectivity index (χ2n) is 4.31. The molecule has 0 heterocycles. The average molecular weight is 242 g/mol. The van der Waals surface area contributed by atoms with Crippen molar-refractivity contribution in [1.82, 2.24) is 5.32 Å². The standard InChI is InChI=1S/C13H14N4O/c1-13(2,16-3)12(18)17-11-5-4-9(7-14)10(6-11)8-15/h4-6,16H,1-3H3,(H,17,18). The number of carbonyl (C=O) groups excluding carboxylic acids is 1. The van der Waals surface area contributed by atoms with Gasteiger partial charge in [-0.15, -0.1) is 0 Å². The first kappa shape index (κ1) is 13.7. The second-order valence-corrected chi connectivity index (χ2v) is 4.31. The van der Waals surface area contributed by atoms with E-state index in [0.29, 0.717) is 11.3 Å². The van der Waals surface area contributed by atoms with Crippen LogP contribution in [0.1, 0.15) is 25.0 Å². The topological polar surface area (TPSA) is 88.7 Å². The van der Waals surface area contributed by atoms with Crippen molar-refractivity contribution in [3.05, 3.63) is 29.3 Å². The lowest BCUT2D eigenvalue weighted by Gasteiger charge is -2.22. The van der Waals surface area contributed by atoms with Crippen LogP contribution in [0.2, 0.25) is 0 Å². The first-order chi connectivity index (χ1) is 8.44. The summed E-state index contributed by atoms with van der Waals surface area (Å²) in [5.74, 6) is -0.210. The van der Waals surface area contributed by atoms with Gasteiger partial charge in [0.2, 0.25) is 5.91 Å². The van der Waals surface area contributed by atoms with Crippen LogP contribution in [0.3, 0.4) is 0 Å². The molecule has 0 saturated carbocycles.